The number of nitrogens with zero attached hydrogens (tertiary/aromatic N) is 1. The highest BCUT2D eigenvalue weighted by Gasteiger charge is 2.14. The van der Waals surface area contributed by atoms with Crippen LogP contribution in [0.4, 0.5) is 10.1 Å². The summed E-state index contributed by atoms with van der Waals surface area (Å²) in [6.45, 7) is 2.85. The van der Waals surface area contributed by atoms with Crippen molar-refractivity contribution in [2.24, 2.45) is 0 Å². The minimum atomic E-state index is -0.196. The van der Waals surface area contributed by atoms with Crippen molar-refractivity contribution in [2.45, 2.75) is 19.5 Å². The lowest BCUT2D eigenvalue weighted by Crippen LogP contribution is -2.21. The van der Waals surface area contributed by atoms with Crippen molar-refractivity contribution in [3.63, 3.8) is 0 Å². The number of nitrogens with one attached hydrogen (secondary N) is 1. The second-order valence-electron chi connectivity index (χ2n) is 4.80. The molecule has 1 aromatic carbocycles. The van der Waals surface area contributed by atoms with Gasteiger partial charge in [0.1, 0.15) is 5.82 Å². The van der Waals surface area contributed by atoms with Gasteiger partial charge in [0.2, 0.25) is 0 Å². The molecule has 1 atom stereocenters. The molecule has 5 heteroatoms. The third-order valence-corrected chi connectivity index (χ3v) is 5.00. The van der Waals surface area contributed by atoms with Crippen LogP contribution in [0.15, 0.2) is 34.1 Å². The number of halogens is 2. The van der Waals surface area contributed by atoms with E-state index in [1.807, 2.05) is 27.1 Å². The van der Waals surface area contributed by atoms with E-state index in [2.05, 4.69) is 37.6 Å². The second kappa shape index (κ2) is 6.70. The van der Waals surface area contributed by atoms with Gasteiger partial charge in [0.15, 0.2) is 0 Å². The zero-order chi connectivity index (χ0) is 14.7. The van der Waals surface area contributed by atoms with Crippen molar-refractivity contribution < 1.29 is 4.39 Å². The predicted molar refractivity (Wildman–Crippen MR) is 88.0 cm³/mol. The quantitative estimate of drug-likeness (QED) is 0.844. The summed E-state index contributed by atoms with van der Waals surface area (Å²) in [5.74, 6) is -0.196. The van der Waals surface area contributed by atoms with Crippen LogP contribution in [0.25, 0.3) is 0 Å². The summed E-state index contributed by atoms with van der Waals surface area (Å²) in [7, 11) is 3.92. The molecule has 1 N–H and O–H groups in total. The Kier molecular flexibility index (Phi) is 5.18. The summed E-state index contributed by atoms with van der Waals surface area (Å²) in [5, 5.41) is 5.25. The first-order chi connectivity index (χ1) is 9.51. The number of benzene rings is 1. The fourth-order valence-corrected chi connectivity index (χ4v) is 3.63. The van der Waals surface area contributed by atoms with E-state index in [1.54, 1.807) is 17.4 Å². The molecule has 1 unspecified atom stereocenters. The molecule has 1 heterocycles. The number of anilines is 1. The van der Waals surface area contributed by atoms with Crippen LogP contribution in [0.3, 0.4) is 0 Å². The average Bonchev–Trinajstić information content (AvgIpc) is 2.82. The van der Waals surface area contributed by atoms with Gasteiger partial charge in [0.25, 0.3) is 0 Å². The van der Waals surface area contributed by atoms with Crippen molar-refractivity contribution in [1.29, 1.82) is 0 Å². The lowest BCUT2D eigenvalue weighted by molar-refractivity contribution is 0.607. The van der Waals surface area contributed by atoms with Crippen molar-refractivity contribution in [3.8, 4) is 0 Å². The van der Waals surface area contributed by atoms with E-state index in [9.17, 15) is 4.39 Å². The first-order valence-electron chi connectivity index (χ1n) is 6.42. The van der Waals surface area contributed by atoms with E-state index < -0.39 is 0 Å². The monoisotopic (exact) mass is 356 g/mol. The minimum absolute atomic E-state index is 0.109. The Morgan fingerprint density at radius 1 is 1.40 bits per heavy atom. The minimum Gasteiger partial charge on any atom is -0.369 e. The largest absolute Gasteiger partial charge is 0.369 e. The van der Waals surface area contributed by atoms with E-state index in [0.29, 0.717) is 0 Å². The van der Waals surface area contributed by atoms with Crippen LogP contribution in [0.2, 0.25) is 0 Å². The molecular weight excluding hydrogens is 339 g/mol. The third kappa shape index (κ3) is 3.59. The second-order valence-corrected chi connectivity index (χ2v) is 6.71. The van der Waals surface area contributed by atoms with E-state index >= 15 is 0 Å². The lowest BCUT2D eigenvalue weighted by Gasteiger charge is -2.24. The van der Waals surface area contributed by atoms with E-state index in [0.717, 1.165) is 22.3 Å². The number of hydrogen-bond acceptors (Lipinski definition) is 3. The Morgan fingerprint density at radius 3 is 2.75 bits per heavy atom. The van der Waals surface area contributed by atoms with Gasteiger partial charge in [-0.3, -0.25) is 0 Å². The Morgan fingerprint density at radius 2 is 2.15 bits per heavy atom. The molecule has 1 aromatic heterocycles. The molecule has 0 spiro atoms. The summed E-state index contributed by atoms with van der Waals surface area (Å²) >= 11 is 5.19. The highest BCUT2D eigenvalue weighted by Crippen LogP contribution is 2.29. The van der Waals surface area contributed by atoms with Crippen LogP contribution in [0.1, 0.15) is 23.4 Å². The molecule has 0 fully saturated rings. The molecule has 2 nitrogen and oxygen atoms in total. The molecule has 2 rings (SSSR count). The molecule has 0 saturated carbocycles. The highest BCUT2D eigenvalue weighted by molar-refractivity contribution is 9.10. The standard InChI is InChI=1S/C15H18BrFN2S/c1-10(18-2)14-7-12(17)4-5-15(14)19(3)8-13-6-11(16)9-20-13/h4-7,9-10,18H,8H2,1-3H3. The Hall–Kier alpha value is -0.910. The van der Waals surface area contributed by atoms with Crippen molar-refractivity contribution in [2.75, 3.05) is 19.0 Å². The van der Waals surface area contributed by atoms with Crippen LogP contribution in [0.5, 0.6) is 0 Å². The van der Waals surface area contributed by atoms with Gasteiger partial charge in [-0.05, 0) is 59.7 Å². The summed E-state index contributed by atoms with van der Waals surface area (Å²) in [6, 6.07) is 7.20. The molecular formula is C15H18BrFN2S. The van der Waals surface area contributed by atoms with Crippen LogP contribution in [0, 0.1) is 5.82 Å². The first kappa shape index (κ1) is 15.5. The molecule has 20 heavy (non-hydrogen) atoms. The predicted octanol–water partition coefficient (Wildman–Crippen LogP) is 4.57. The Bertz CT molecular complexity index is 585. The lowest BCUT2D eigenvalue weighted by atomic mass is 10.1. The highest BCUT2D eigenvalue weighted by atomic mass is 79.9. The van der Waals surface area contributed by atoms with Crippen LogP contribution < -0.4 is 10.2 Å². The summed E-state index contributed by atoms with van der Waals surface area (Å²) < 4.78 is 14.6. The molecule has 0 bridgehead atoms. The van der Waals surface area contributed by atoms with Crippen molar-refractivity contribution in [3.05, 3.63) is 50.4 Å². The molecule has 0 saturated heterocycles. The molecule has 2 aromatic rings. The zero-order valence-corrected chi connectivity index (χ0v) is 14.2. The number of thiophene rings is 1. The van der Waals surface area contributed by atoms with Crippen LogP contribution >= 0.6 is 27.3 Å². The topological polar surface area (TPSA) is 15.3 Å². The van der Waals surface area contributed by atoms with Gasteiger partial charge in [0.05, 0.1) is 6.54 Å². The van der Waals surface area contributed by atoms with Crippen LogP contribution in [-0.4, -0.2) is 14.1 Å². The van der Waals surface area contributed by atoms with E-state index in [-0.39, 0.29) is 11.9 Å². The molecule has 0 aliphatic carbocycles. The Balaban J connectivity index is 2.26. The van der Waals surface area contributed by atoms with Crippen LogP contribution in [-0.2, 0) is 6.54 Å². The summed E-state index contributed by atoms with van der Waals surface area (Å²) in [5.41, 5.74) is 2.03. The summed E-state index contributed by atoms with van der Waals surface area (Å²) in [6.07, 6.45) is 0. The molecule has 0 radical (unpaired) electrons. The van der Waals surface area contributed by atoms with Gasteiger partial charge in [-0.1, -0.05) is 0 Å². The van der Waals surface area contributed by atoms with Gasteiger partial charge in [0, 0.05) is 33.5 Å². The molecule has 108 valence electrons. The maximum absolute atomic E-state index is 13.5. The zero-order valence-electron chi connectivity index (χ0n) is 11.8. The van der Waals surface area contributed by atoms with Gasteiger partial charge in [-0.15, -0.1) is 11.3 Å². The molecule has 0 aliphatic heterocycles. The van der Waals surface area contributed by atoms with E-state index in [4.69, 9.17) is 0 Å². The number of rotatable bonds is 5. The fourth-order valence-electron chi connectivity index (χ4n) is 2.13. The van der Waals surface area contributed by atoms with E-state index in [1.165, 1.54) is 10.9 Å². The normalized spacial score (nSPS) is 12.4. The maximum Gasteiger partial charge on any atom is 0.123 e. The van der Waals surface area contributed by atoms with Gasteiger partial charge in [-0.25, -0.2) is 4.39 Å². The number of hydrogen-bond donors (Lipinski definition) is 1. The van der Waals surface area contributed by atoms with Gasteiger partial charge >= 0.3 is 0 Å². The molecule has 0 aliphatic rings. The first-order valence-corrected chi connectivity index (χ1v) is 8.09. The third-order valence-electron chi connectivity index (χ3n) is 3.32. The van der Waals surface area contributed by atoms with Gasteiger partial charge < -0.3 is 10.2 Å². The SMILES string of the molecule is CNC(C)c1cc(F)ccc1N(C)Cc1cc(Br)cs1. The Labute approximate surface area is 131 Å². The van der Waals surface area contributed by atoms with Gasteiger partial charge in [-0.2, -0.15) is 0 Å². The summed E-state index contributed by atoms with van der Waals surface area (Å²) in [4.78, 5) is 3.42. The smallest absolute Gasteiger partial charge is 0.123 e. The van der Waals surface area contributed by atoms with Crippen molar-refractivity contribution in [1.82, 2.24) is 5.32 Å². The molecule has 0 amide bonds. The maximum atomic E-state index is 13.5. The van der Waals surface area contributed by atoms with Crippen molar-refractivity contribution >= 4 is 33.0 Å². The average molecular weight is 357 g/mol. The fraction of sp³-hybridized carbons (Fsp3) is 0.333.